The van der Waals surface area contributed by atoms with Gasteiger partial charge in [-0.3, -0.25) is 0 Å². The third-order valence-electron chi connectivity index (χ3n) is 4.08. The van der Waals surface area contributed by atoms with Crippen molar-refractivity contribution >= 4 is 23.1 Å². The number of hydrogen-bond acceptors (Lipinski definition) is 2. The van der Waals surface area contributed by atoms with Crippen LogP contribution >= 0.6 is 12.2 Å². The Bertz CT molecular complexity index is 409. The van der Waals surface area contributed by atoms with E-state index >= 15 is 0 Å². The van der Waals surface area contributed by atoms with Crippen LogP contribution in [0.1, 0.15) is 56.9 Å². The molecule has 18 heavy (non-hydrogen) atoms. The quantitative estimate of drug-likeness (QED) is 0.514. The lowest BCUT2D eigenvalue weighted by Crippen LogP contribution is -2.13. The van der Waals surface area contributed by atoms with Crippen molar-refractivity contribution in [2.75, 3.05) is 0 Å². The minimum atomic E-state index is 0.753. The van der Waals surface area contributed by atoms with Crippen LogP contribution in [0, 0.1) is 5.92 Å². The van der Waals surface area contributed by atoms with E-state index in [9.17, 15) is 0 Å². The van der Waals surface area contributed by atoms with Crippen molar-refractivity contribution in [1.82, 2.24) is 0 Å². The molecular formula is C16H21NS. The van der Waals surface area contributed by atoms with Gasteiger partial charge in [0, 0.05) is 0 Å². The number of isothiocyanates is 1. The molecule has 0 amide bonds. The second kappa shape index (κ2) is 6.82. The average Bonchev–Trinajstić information content (AvgIpc) is 2.41. The van der Waals surface area contributed by atoms with Crippen molar-refractivity contribution in [3.8, 4) is 0 Å². The highest BCUT2D eigenvalue weighted by Crippen LogP contribution is 2.37. The van der Waals surface area contributed by atoms with Gasteiger partial charge in [0.15, 0.2) is 0 Å². The Morgan fingerprint density at radius 2 is 1.83 bits per heavy atom. The van der Waals surface area contributed by atoms with E-state index in [2.05, 4.69) is 41.4 Å². The van der Waals surface area contributed by atoms with Crippen molar-refractivity contribution in [2.24, 2.45) is 10.9 Å². The molecule has 0 aliphatic heterocycles. The molecule has 96 valence electrons. The number of nitrogens with zero attached hydrogens (tertiary/aromatic N) is 1. The number of rotatable bonds is 4. The van der Waals surface area contributed by atoms with Gasteiger partial charge in [0.1, 0.15) is 0 Å². The molecule has 1 aromatic carbocycles. The van der Waals surface area contributed by atoms with Gasteiger partial charge in [-0.1, -0.05) is 31.9 Å². The Morgan fingerprint density at radius 1 is 1.17 bits per heavy atom. The first kappa shape index (κ1) is 13.5. The summed E-state index contributed by atoms with van der Waals surface area (Å²) in [6.07, 6.45) is 8.24. The summed E-state index contributed by atoms with van der Waals surface area (Å²) >= 11 is 4.61. The standard InChI is InChI=1S/C16H21NS/c1-2-3-13-4-6-14(7-5-13)15-8-10-16(11-9-15)17-12-18/h8-11,13-14H,2-7H2,1H3. The molecule has 1 fully saturated rings. The fourth-order valence-corrected chi connectivity index (χ4v) is 3.17. The lowest BCUT2D eigenvalue weighted by atomic mass is 9.77. The zero-order valence-corrected chi connectivity index (χ0v) is 11.9. The zero-order valence-electron chi connectivity index (χ0n) is 11.1. The molecule has 0 aromatic heterocycles. The molecular weight excluding hydrogens is 238 g/mol. The normalized spacial score (nSPS) is 23.4. The van der Waals surface area contributed by atoms with E-state index in [0.29, 0.717) is 0 Å². The lowest BCUT2D eigenvalue weighted by molar-refractivity contribution is 0.308. The van der Waals surface area contributed by atoms with Gasteiger partial charge in [-0.15, -0.1) is 0 Å². The molecule has 2 rings (SSSR count). The largest absolute Gasteiger partial charge is 0.195 e. The van der Waals surface area contributed by atoms with Crippen LogP contribution in [0.2, 0.25) is 0 Å². The number of hydrogen-bond donors (Lipinski definition) is 0. The van der Waals surface area contributed by atoms with Gasteiger partial charge in [-0.25, -0.2) is 0 Å². The summed E-state index contributed by atoms with van der Waals surface area (Å²) < 4.78 is 0. The maximum absolute atomic E-state index is 4.61. The maximum atomic E-state index is 4.61. The fourth-order valence-electron chi connectivity index (χ4n) is 3.07. The van der Waals surface area contributed by atoms with Crippen LogP contribution in [0.25, 0.3) is 0 Å². The summed E-state index contributed by atoms with van der Waals surface area (Å²) in [5, 5.41) is 2.41. The summed E-state index contributed by atoms with van der Waals surface area (Å²) in [5.74, 6) is 1.73. The molecule has 1 aliphatic rings. The Morgan fingerprint density at radius 3 is 2.39 bits per heavy atom. The van der Waals surface area contributed by atoms with Gasteiger partial charge >= 0.3 is 0 Å². The van der Waals surface area contributed by atoms with E-state index in [1.807, 2.05) is 12.1 Å². The molecule has 0 radical (unpaired) electrons. The molecule has 0 unspecified atom stereocenters. The third kappa shape index (κ3) is 3.51. The molecule has 1 aliphatic carbocycles. The van der Waals surface area contributed by atoms with Crippen LogP contribution in [-0.2, 0) is 0 Å². The SMILES string of the molecule is CCCC1CCC(c2ccc(N=C=S)cc2)CC1. The van der Waals surface area contributed by atoms with Gasteiger partial charge in [0.05, 0.1) is 10.8 Å². The second-order valence-electron chi connectivity index (χ2n) is 5.30. The first-order chi connectivity index (χ1) is 8.83. The van der Waals surface area contributed by atoms with Crippen LogP contribution in [0.15, 0.2) is 29.3 Å². The van der Waals surface area contributed by atoms with E-state index in [-0.39, 0.29) is 0 Å². The molecule has 1 nitrogen and oxygen atoms in total. The van der Waals surface area contributed by atoms with E-state index in [4.69, 9.17) is 0 Å². The van der Waals surface area contributed by atoms with Crippen molar-refractivity contribution in [1.29, 1.82) is 0 Å². The summed E-state index contributed by atoms with van der Waals surface area (Å²) in [6.45, 7) is 2.29. The molecule has 0 saturated heterocycles. The van der Waals surface area contributed by atoms with E-state index in [1.54, 1.807) is 0 Å². The molecule has 0 N–H and O–H groups in total. The Kier molecular flexibility index (Phi) is 5.10. The first-order valence-electron chi connectivity index (χ1n) is 7.01. The van der Waals surface area contributed by atoms with Crippen LogP contribution in [0.5, 0.6) is 0 Å². The van der Waals surface area contributed by atoms with Gasteiger partial charge in [-0.2, -0.15) is 4.99 Å². The number of benzene rings is 1. The van der Waals surface area contributed by atoms with Crippen LogP contribution in [0.3, 0.4) is 0 Å². The van der Waals surface area contributed by atoms with Gasteiger partial charge < -0.3 is 0 Å². The highest BCUT2D eigenvalue weighted by molar-refractivity contribution is 7.78. The van der Waals surface area contributed by atoms with Crippen molar-refractivity contribution in [2.45, 2.75) is 51.4 Å². The number of thiocarbonyl (C=S) groups is 1. The maximum Gasteiger partial charge on any atom is 0.0739 e. The first-order valence-corrected chi connectivity index (χ1v) is 7.42. The van der Waals surface area contributed by atoms with Crippen LogP contribution in [0.4, 0.5) is 5.69 Å². The molecule has 0 spiro atoms. The van der Waals surface area contributed by atoms with Gasteiger partial charge in [0.25, 0.3) is 0 Å². The molecule has 1 aromatic rings. The second-order valence-corrected chi connectivity index (χ2v) is 5.48. The van der Waals surface area contributed by atoms with E-state index < -0.39 is 0 Å². The Hall–Kier alpha value is -0.980. The smallest absolute Gasteiger partial charge is 0.0739 e. The van der Waals surface area contributed by atoms with Gasteiger partial charge in [0.2, 0.25) is 0 Å². The van der Waals surface area contributed by atoms with Crippen molar-refractivity contribution in [3.63, 3.8) is 0 Å². The van der Waals surface area contributed by atoms with Gasteiger partial charge in [-0.05, 0) is 67.4 Å². The molecule has 0 heterocycles. The highest BCUT2D eigenvalue weighted by atomic mass is 32.1. The minimum absolute atomic E-state index is 0.753. The summed E-state index contributed by atoms with van der Waals surface area (Å²) in [7, 11) is 0. The van der Waals surface area contributed by atoms with E-state index in [0.717, 1.165) is 17.5 Å². The Labute approximate surface area is 115 Å². The molecule has 2 heteroatoms. The minimum Gasteiger partial charge on any atom is -0.195 e. The topological polar surface area (TPSA) is 12.4 Å². The predicted octanol–water partition coefficient (Wildman–Crippen LogP) is 5.49. The summed E-state index contributed by atoms with van der Waals surface area (Å²) in [5.41, 5.74) is 2.38. The summed E-state index contributed by atoms with van der Waals surface area (Å²) in [4.78, 5) is 3.99. The molecule has 1 saturated carbocycles. The van der Waals surface area contributed by atoms with Crippen molar-refractivity contribution < 1.29 is 0 Å². The lowest BCUT2D eigenvalue weighted by Gasteiger charge is -2.28. The fraction of sp³-hybridized carbons (Fsp3) is 0.562. The average molecular weight is 259 g/mol. The Balaban J connectivity index is 1.94. The molecule has 0 bridgehead atoms. The highest BCUT2D eigenvalue weighted by Gasteiger charge is 2.21. The number of aliphatic imine (C=N–C) groups is 1. The van der Waals surface area contributed by atoms with Crippen LogP contribution < -0.4 is 0 Å². The van der Waals surface area contributed by atoms with Crippen LogP contribution in [-0.4, -0.2) is 5.16 Å². The monoisotopic (exact) mass is 259 g/mol. The van der Waals surface area contributed by atoms with E-state index in [1.165, 1.54) is 44.1 Å². The zero-order chi connectivity index (χ0) is 12.8. The molecule has 0 atom stereocenters. The predicted molar refractivity (Wildman–Crippen MR) is 80.7 cm³/mol. The third-order valence-corrected chi connectivity index (χ3v) is 4.17. The summed E-state index contributed by atoms with van der Waals surface area (Å²) in [6, 6.07) is 8.51. The van der Waals surface area contributed by atoms with Crippen molar-refractivity contribution in [3.05, 3.63) is 29.8 Å².